The maximum atomic E-state index is 14.6. The van der Waals surface area contributed by atoms with Gasteiger partial charge in [0.1, 0.15) is 18.0 Å². The molecule has 2 N–H and O–H groups in total. The zero-order chi connectivity index (χ0) is 19.6. The molecule has 0 bridgehead atoms. The van der Waals surface area contributed by atoms with Crippen molar-refractivity contribution in [3.8, 4) is 0 Å². The van der Waals surface area contributed by atoms with E-state index in [2.05, 4.69) is 27.2 Å². The number of rotatable bonds is 5. The number of aliphatic imine (C=N–C) groups is 2. The molecule has 2 heterocycles. The number of halogens is 1. The normalized spacial score (nSPS) is 20.1. The van der Waals surface area contributed by atoms with Gasteiger partial charge in [-0.05, 0) is 32.0 Å². The fraction of sp³-hybridized carbons (Fsp3) is 0.263. The van der Waals surface area contributed by atoms with Crippen LogP contribution in [-0.2, 0) is 14.3 Å². The summed E-state index contributed by atoms with van der Waals surface area (Å²) < 4.78 is 19.7. The van der Waals surface area contributed by atoms with Gasteiger partial charge in [-0.1, -0.05) is 6.58 Å². The average Bonchev–Trinajstić information content (AvgIpc) is 3.08. The first kappa shape index (κ1) is 18.5. The number of benzene rings is 1. The molecule has 140 valence electrons. The molecule has 0 spiro atoms. The Morgan fingerprint density at radius 1 is 1.41 bits per heavy atom. The van der Waals surface area contributed by atoms with Crippen LogP contribution in [0.4, 0.5) is 10.1 Å². The second-order valence-electron chi connectivity index (χ2n) is 6.14. The number of carbonyl (C=O) groups is 2. The maximum absolute atomic E-state index is 14.6. The number of hydrogen-bond donors (Lipinski definition) is 2. The summed E-state index contributed by atoms with van der Waals surface area (Å²) in [5.74, 6) is -1.46. The van der Waals surface area contributed by atoms with Crippen molar-refractivity contribution in [1.29, 1.82) is 0 Å². The zero-order valence-electron chi connectivity index (χ0n) is 15.0. The van der Waals surface area contributed by atoms with Crippen molar-refractivity contribution in [3.63, 3.8) is 0 Å². The fourth-order valence-corrected chi connectivity index (χ4v) is 2.92. The highest BCUT2D eigenvalue weighted by molar-refractivity contribution is 6.06. The first-order valence-electron chi connectivity index (χ1n) is 8.41. The van der Waals surface area contributed by atoms with Gasteiger partial charge in [-0.15, -0.1) is 0 Å². The Bertz CT molecular complexity index is 904. The Morgan fingerprint density at radius 2 is 2.19 bits per heavy atom. The summed E-state index contributed by atoms with van der Waals surface area (Å²) in [6.45, 7) is 7.09. The molecular weight excluding hydrogens is 351 g/mol. The Hall–Kier alpha value is -3.29. The fourth-order valence-electron chi connectivity index (χ4n) is 2.92. The van der Waals surface area contributed by atoms with Crippen molar-refractivity contribution < 1.29 is 18.7 Å². The molecule has 2 aliphatic heterocycles. The molecular formula is C19H19FN4O3. The van der Waals surface area contributed by atoms with E-state index >= 15 is 0 Å². The van der Waals surface area contributed by atoms with Gasteiger partial charge in [0.25, 0.3) is 5.91 Å². The minimum Gasteiger partial charge on any atom is -0.463 e. The van der Waals surface area contributed by atoms with Gasteiger partial charge in [-0.25, -0.2) is 14.2 Å². The molecule has 2 unspecified atom stereocenters. The first-order chi connectivity index (χ1) is 12.9. The molecule has 0 saturated carbocycles. The van der Waals surface area contributed by atoms with E-state index in [4.69, 9.17) is 4.74 Å². The molecule has 0 saturated heterocycles. The highest BCUT2D eigenvalue weighted by Gasteiger charge is 2.40. The molecule has 2 atom stereocenters. The van der Waals surface area contributed by atoms with Crippen LogP contribution in [0.2, 0.25) is 0 Å². The molecule has 1 amide bonds. The lowest BCUT2D eigenvalue weighted by Crippen LogP contribution is -2.31. The maximum Gasteiger partial charge on any atom is 0.336 e. The van der Waals surface area contributed by atoms with Crippen molar-refractivity contribution in [2.24, 2.45) is 15.9 Å². The summed E-state index contributed by atoms with van der Waals surface area (Å²) >= 11 is 0. The monoisotopic (exact) mass is 370 g/mol. The molecule has 8 heteroatoms. The van der Waals surface area contributed by atoms with Gasteiger partial charge >= 0.3 is 5.97 Å². The van der Waals surface area contributed by atoms with E-state index in [0.29, 0.717) is 22.7 Å². The van der Waals surface area contributed by atoms with Crippen LogP contribution >= 0.6 is 0 Å². The van der Waals surface area contributed by atoms with Crippen LogP contribution in [-0.4, -0.2) is 30.7 Å². The molecule has 0 radical (unpaired) electrons. The smallest absolute Gasteiger partial charge is 0.336 e. The van der Waals surface area contributed by atoms with E-state index in [1.54, 1.807) is 13.8 Å². The third-order valence-corrected chi connectivity index (χ3v) is 4.22. The number of anilines is 1. The van der Waals surface area contributed by atoms with Gasteiger partial charge in [-0.2, -0.15) is 0 Å². The third kappa shape index (κ3) is 3.64. The standard InChI is InChI=1S/C19H19FN4O3/c1-4-27-19(26)13-8-21-17-15(13)16(22-9-23-17)12-7-11(5-6-14(12)20)24-18(25)10(2)3/h5-9,15-16H,2,4H2,1,3H3,(H,24,25)(H,21,22,23). The number of amidine groups is 1. The quantitative estimate of drug-likeness (QED) is 0.615. The topological polar surface area (TPSA) is 92.1 Å². The predicted octanol–water partition coefficient (Wildman–Crippen LogP) is 2.49. The number of carbonyl (C=O) groups excluding carboxylic acids is 2. The molecule has 0 aliphatic carbocycles. The van der Waals surface area contributed by atoms with Gasteiger partial charge in [0, 0.05) is 23.0 Å². The largest absolute Gasteiger partial charge is 0.463 e. The number of nitrogens with zero attached hydrogens (tertiary/aromatic N) is 2. The highest BCUT2D eigenvalue weighted by Crippen LogP contribution is 2.38. The number of hydrogen-bond acceptors (Lipinski definition) is 6. The van der Waals surface area contributed by atoms with Crippen LogP contribution in [0.25, 0.3) is 0 Å². The Balaban J connectivity index is 1.95. The summed E-state index contributed by atoms with van der Waals surface area (Å²) in [4.78, 5) is 32.5. The molecule has 7 nitrogen and oxygen atoms in total. The van der Waals surface area contributed by atoms with Crippen molar-refractivity contribution in [2.45, 2.75) is 19.9 Å². The Kier molecular flexibility index (Phi) is 5.16. The van der Waals surface area contributed by atoms with Crippen LogP contribution in [0, 0.1) is 11.7 Å². The lowest BCUT2D eigenvalue weighted by molar-refractivity contribution is -0.139. The minimum atomic E-state index is -0.718. The Morgan fingerprint density at radius 3 is 2.89 bits per heavy atom. The number of esters is 1. The molecule has 27 heavy (non-hydrogen) atoms. The Labute approximate surface area is 155 Å². The van der Waals surface area contributed by atoms with Crippen LogP contribution in [0.5, 0.6) is 0 Å². The highest BCUT2D eigenvalue weighted by atomic mass is 19.1. The number of ether oxygens (including phenoxy) is 1. The molecule has 3 rings (SSSR count). The first-order valence-corrected chi connectivity index (χ1v) is 8.41. The zero-order valence-corrected chi connectivity index (χ0v) is 15.0. The van der Waals surface area contributed by atoms with E-state index in [1.807, 2.05) is 0 Å². The van der Waals surface area contributed by atoms with Gasteiger partial charge < -0.3 is 15.4 Å². The van der Waals surface area contributed by atoms with Crippen LogP contribution in [0.15, 0.2) is 52.1 Å². The molecule has 2 aliphatic rings. The van der Waals surface area contributed by atoms with Crippen molar-refractivity contribution >= 4 is 29.7 Å². The summed E-state index contributed by atoms with van der Waals surface area (Å²) in [5.41, 5.74) is 1.31. The molecule has 0 fully saturated rings. The average molecular weight is 370 g/mol. The minimum absolute atomic E-state index is 0.222. The van der Waals surface area contributed by atoms with Gasteiger partial charge in [0.05, 0.1) is 24.1 Å². The molecule has 0 aromatic heterocycles. The lowest BCUT2D eigenvalue weighted by atomic mass is 9.87. The van der Waals surface area contributed by atoms with Crippen molar-refractivity contribution in [2.75, 3.05) is 11.9 Å². The third-order valence-electron chi connectivity index (χ3n) is 4.22. The SMILES string of the molecule is C=C(C)C(=O)Nc1ccc(F)c(C2N=CN=C3NC=C(C(=O)OCC)C32)c1. The van der Waals surface area contributed by atoms with Crippen molar-refractivity contribution in [3.05, 3.63) is 53.5 Å². The van der Waals surface area contributed by atoms with Crippen LogP contribution in [0.3, 0.4) is 0 Å². The molecule has 1 aromatic rings. The summed E-state index contributed by atoms with van der Waals surface area (Å²) in [6, 6.07) is 3.49. The van der Waals surface area contributed by atoms with Crippen LogP contribution < -0.4 is 10.6 Å². The lowest BCUT2D eigenvalue weighted by Gasteiger charge is -2.25. The van der Waals surface area contributed by atoms with E-state index in [0.717, 1.165) is 0 Å². The predicted molar refractivity (Wildman–Crippen MR) is 99.9 cm³/mol. The second-order valence-corrected chi connectivity index (χ2v) is 6.14. The molecule has 1 aromatic carbocycles. The van der Waals surface area contributed by atoms with E-state index in [-0.39, 0.29) is 18.1 Å². The van der Waals surface area contributed by atoms with E-state index in [1.165, 1.54) is 30.7 Å². The van der Waals surface area contributed by atoms with Gasteiger partial charge in [0.15, 0.2) is 0 Å². The number of nitrogens with one attached hydrogen (secondary N) is 2. The summed E-state index contributed by atoms with van der Waals surface area (Å²) in [6.07, 6.45) is 2.83. The van der Waals surface area contributed by atoms with Crippen LogP contribution in [0.1, 0.15) is 25.5 Å². The summed E-state index contributed by atoms with van der Waals surface area (Å²) in [5, 5.41) is 5.57. The number of fused-ring (bicyclic) bond motifs is 1. The summed E-state index contributed by atoms with van der Waals surface area (Å²) in [7, 11) is 0. The van der Waals surface area contributed by atoms with Gasteiger partial charge in [-0.3, -0.25) is 9.79 Å². The van der Waals surface area contributed by atoms with Crippen molar-refractivity contribution in [1.82, 2.24) is 5.32 Å². The second kappa shape index (κ2) is 7.53. The number of amides is 1. The van der Waals surface area contributed by atoms with E-state index < -0.39 is 23.7 Å². The van der Waals surface area contributed by atoms with E-state index in [9.17, 15) is 14.0 Å². The van der Waals surface area contributed by atoms with Gasteiger partial charge in [0.2, 0.25) is 0 Å².